The lowest BCUT2D eigenvalue weighted by molar-refractivity contribution is 1.68. The first-order valence-corrected chi connectivity index (χ1v) is 8.12. The van der Waals surface area contributed by atoms with Crippen molar-refractivity contribution in [3.8, 4) is 11.1 Å². The van der Waals surface area contributed by atoms with Gasteiger partial charge in [0.05, 0.1) is 0 Å². The van der Waals surface area contributed by atoms with Gasteiger partial charge in [0, 0.05) is 0 Å². The van der Waals surface area contributed by atoms with E-state index in [1.54, 1.807) is 0 Å². The number of hydrogen-bond donors (Lipinski definition) is 0. The zero-order valence-corrected chi connectivity index (χ0v) is 11.7. The molecule has 2 rings (SSSR count). The summed E-state index contributed by atoms with van der Waals surface area (Å²) in [5.74, 6) is 0. The van der Waals surface area contributed by atoms with Crippen LogP contribution in [0.1, 0.15) is 0 Å². The molecular formula is C14H16P2. The fourth-order valence-corrected chi connectivity index (χ4v) is 3.26. The van der Waals surface area contributed by atoms with Crippen LogP contribution in [0.5, 0.6) is 0 Å². The molecule has 1 atom stereocenters. The first-order chi connectivity index (χ1) is 7.70. The molecule has 1 unspecified atom stereocenters. The monoisotopic (exact) mass is 246 g/mol. The summed E-state index contributed by atoms with van der Waals surface area (Å²) in [4.78, 5) is 0. The molecule has 0 radical (unpaired) electrons. The molecule has 82 valence electrons. The molecule has 0 aliphatic rings. The van der Waals surface area contributed by atoms with Crippen molar-refractivity contribution in [1.29, 1.82) is 0 Å². The quantitative estimate of drug-likeness (QED) is 0.714. The second-order valence-electron chi connectivity index (χ2n) is 4.00. The smallest absolute Gasteiger partial charge is 0.0101 e. The van der Waals surface area contributed by atoms with Crippen molar-refractivity contribution in [3.05, 3.63) is 48.5 Å². The van der Waals surface area contributed by atoms with Crippen LogP contribution in [0.15, 0.2) is 48.5 Å². The SMILES string of the molecule is CP(C)c1ccccc1-c1ccccc1P. The third-order valence-electron chi connectivity index (χ3n) is 2.64. The molecule has 16 heavy (non-hydrogen) atoms. The maximum Gasteiger partial charge on any atom is -0.0101 e. The molecule has 0 aromatic heterocycles. The van der Waals surface area contributed by atoms with Crippen LogP contribution in [0.4, 0.5) is 0 Å². The van der Waals surface area contributed by atoms with Crippen LogP contribution in [0, 0.1) is 0 Å². The third-order valence-corrected chi connectivity index (χ3v) is 4.49. The van der Waals surface area contributed by atoms with Gasteiger partial charge in [-0.1, -0.05) is 56.5 Å². The Kier molecular flexibility index (Phi) is 3.74. The van der Waals surface area contributed by atoms with E-state index in [-0.39, 0.29) is 7.92 Å². The van der Waals surface area contributed by atoms with Crippen LogP contribution in [-0.4, -0.2) is 13.3 Å². The van der Waals surface area contributed by atoms with Crippen LogP contribution in [-0.2, 0) is 0 Å². The van der Waals surface area contributed by atoms with Crippen LogP contribution in [0.25, 0.3) is 11.1 Å². The maximum absolute atomic E-state index is 2.82. The van der Waals surface area contributed by atoms with E-state index in [2.05, 4.69) is 71.1 Å². The fourth-order valence-electron chi connectivity index (χ4n) is 1.83. The molecule has 0 nitrogen and oxygen atoms in total. The molecule has 0 bridgehead atoms. The molecule has 0 saturated heterocycles. The van der Waals surface area contributed by atoms with Gasteiger partial charge in [-0.05, 0) is 35.1 Å². The molecule has 0 N–H and O–H groups in total. The van der Waals surface area contributed by atoms with E-state index < -0.39 is 0 Å². The summed E-state index contributed by atoms with van der Waals surface area (Å²) >= 11 is 0. The minimum Gasteiger partial charge on any atom is -0.105 e. The molecule has 0 saturated carbocycles. The van der Waals surface area contributed by atoms with Crippen molar-refractivity contribution in [1.82, 2.24) is 0 Å². The average Bonchev–Trinajstić information content (AvgIpc) is 2.29. The lowest BCUT2D eigenvalue weighted by Crippen LogP contribution is -2.07. The summed E-state index contributed by atoms with van der Waals surface area (Å²) in [7, 11) is 2.76. The van der Waals surface area contributed by atoms with Gasteiger partial charge in [0.25, 0.3) is 0 Å². The van der Waals surface area contributed by atoms with Crippen LogP contribution < -0.4 is 10.6 Å². The topological polar surface area (TPSA) is 0 Å². The Bertz CT molecular complexity index is 490. The zero-order valence-electron chi connectivity index (χ0n) is 9.64. The normalized spacial score (nSPS) is 10.8. The van der Waals surface area contributed by atoms with E-state index in [4.69, 9.17) is 0 Å². The van der Waals surface area contributed by atoms with Crippen LogP contribution in [0.3, 0.4) is 0 Å². The molecule has 2 aromatic rings. The lowest BCUT2D eigenvalue weighted by Gasteiger charge is -2.14. The number of benzene rings is 2. The highest BCUT2D eigenvalue weighted by Crippen LogP contribution is 2.30. The Hall–Kier alpha value is -0.700. The third kappa shape index (κ3) is 2.34. The lowest BCUT2D eigenvalue weighted by atomic mass is 10.1. The molecular weight excluding hydrogens is 230 g/mol. The molecule has 0 aliphatic carbocycles. The van der Waals surface area contributed by atoms with Crippen LogP contribution >= 0.6 is 17.2 Å². The minimum atomic E-state index is -0.0616. The van der Waals surface area contributed by atoms with Crippen molar-refractivity contribution in [2.75, 3.05) is 13.3 Å². The van der Waals surface area contributed by atoms with Gasteiger partial charge in [-0.25, -0.2) is 0 Å². The van der Waals surface area contributed by atoms with Crippen molar-refractivity contribution >= 4 is 27.8 Å². The second-order valence-corrected chi connectivity index (χ2v) is 6.89. The van der Waals surface area contributed by atoms with E-state index in [1.807, 2.05) is 0 Å². The van der Waals surface area contributed by atoms with E-state index >= 15 is 0 Å². The van der Waals surface area contributed by atoms with Crippen molar-refractivity contribution in [3.63, 3.8) is 0 Å². The molecule has 0 amide bonds. The first-order valence-electron chi connectivity index (χ1n) is 5.31. The highest BCUT2D eigenvalue weighted by atomic mass is 31.1. The van der Waals surface area contributed by atoms with Crippen LogP contribution in [0.2, 0.25) is 0 Å². The Morgan fingerprint density at radius 1 is 0.812 bits per heavy atom. The van der Waals surface area contributed by atoms with Gasteiger partial charge < -0.3 is 0 Å². The summed E-state index contributed by atoms with van der Waals surface area (Å²) in [6, 6.07) is 17.2. The minimum absolute atomic E-state index is 0.0616. The Labute approximate surface area is 101 Å². The standard InChI is InChI=1S/C14H16P2/c1-16(2)14-10-6-4-8-12(14)11-7-3-5-9-13(11)15/h3-10H,15H2,1-2H3. The number of hydrogen-bond acceptors (Lipinski definition) is 0. The van der Waals surface area contributed by atoms with Crippen molar-refractivity contribution in [2.24, 2.45) is 0 Å². The fraction of sp³-hybridized carbons (Fsp3) is 0.143. The van der Waals surface area contributed by atoms with Gasteiger partial charge >= 0.3 is 0 Å². The van der Waals surface area contributed by atoms with Gasteiger partial charge in [-0.15, -0.1) is 9.24 Å². The summed E-state index contributed by atoms with van der Waals surface area (Å²) in [5, 5.41) is 2.75. The summed E-state index contributed by atoms with van der Waals surface area (Å²) in [6.45, 7) is 4.61. The van der Waals surface area contributed by atoms with E-state index in [1.165, 1.54) is 21.7 Å². The highest BCUT2D eigenvalue weighted by molar-refractivity contribution is 7.64. The molecule has 0 spiro atoms. The average molecular weight is 246 g/mol. The predicted molar refractivity (Wildman–Crippen MR) is 79.6 cm³/mol. The number of rotatable bonds is 2. The molecule has 0 aliphatic heterocycles. The zero-order chi connectivity index (χ0) is 11.5. The summed E-state index contributed by atoms with van der Waals surface area (Å²) in [5.41, 5.74) is 2.71. The molecule has 0 heterocycles. The molecule has 2 aromatic carbocycles. The Morgan fingerprint density at radius 2 is 1.38 bits per heavy atom. The first kappa shape index (κ1) is 11.8. The van der Waals surface area contributed by atoms with E-state index in [9.17, 15) is 0 Å². The highest BCUT2D eigenvalue weighted by Gasteiger charge is 2.08. The van der Waals surface area contributed by atoms with E-state index in [0.29, 0.717) is 0 Å². The van der Waals surface area contributed by atoms with Gasteiger partial charge in [-0.2, -0.15) is 0 Å². The van der Waals surface area contributed by atoms with Gasteiger partial charge in [0.15, 0.2) is 0 Å². The largest absolute Gasteiger partial charge is 0.105 e. The summed E-state index contributed by atoms with van der Waals surface area (Å²) in [6.07, 6.45) is 0. The van der Waals surface area contributed by atoms with Crippen molar-refractivity contribution < 1.29 is 0 Å². The Balaban J connectivity index is 2.60. The van der Waals surface area contributed by atoms with Gasteiger partial charge in [0.1, 0.15) is 0 Å². The summed E-state index contributed by atoms with van der Waals surface area (Å²) < 4.78 is 0. The Morgan fingerprint density at radius 3 is 2.00 bits per heavy atom. The second kappa shape index (κ2) is 5.09. The maximum atomic E-state index is 2.82. The van der Waals surface area contributed by atoms with E-state index in [0.717, 1.165) is 0 Å². The molecule has 2 heteroatoms. The van der Waals surface area contributed by atoms with Crippen molar-refractivity contribution in [2.45, 2.75) is 0 Å². The predicted octanol–water partition coefficient (Wildman–Crippen LogP) is 3.22. The molecule has 0 fully saturated rings. The van der Waals surface area contributed by atoms with Gasteiger partial charge in [0.2, 0.25) is 0 Å². The van der Waals surface area contributed by atoms with Gasteiger partial charge in [-0.3, -0.25) is 0 Å².